The summed E-state index contributed by atoms with van der Waals surface area (Å²) in [6, 6.07) is 0. The summed E-state index contributed by atoms with van der Waals surface area (Å²) in [4.78, 5) is 0. The lowest BCUT2D eigenvalue weighted by atomic mass is 9.84. The van der Waals surface area contributed by atoms with E-state index < -0.39 is 12.3 Å². The Hall–Kier alpha value is 0.300. The summed E-state index contributed by atoms with van der Waals surface area (Å²) in [7, 11) is 1.26. The molecule has 4 heteroatoms. The van der Waals surface area contributed by atoms with Crippen LogP contribution < -0.4 is 0 Å². The Bertz CT molecular complexity index is 182. The van der Waals surface area contributed by atoms with Crippen LogP contribution in [0.4, 0.5) is 8.78 Å². The van der Waals surface area contributed by atoms with E-state index >= 15 is 0 Å². The number of thiol groups is 1. The molecule has 0 nitrogen and oxygen atoms in total. The van der Waals surface area contributed by atoms with E-state index in [2.05, 4.69) is 11.7 Å². The zero-order valence-electron chi connectivity index (χ0n) is 6.84. The molecular formula is C8H12F2S2. The number of halogens is 2. The van der Waals surface area contributed by atoms with Crippen molar-refractivity contribution in [3.05, 3.63) is 11.0 Å². The molecule has 3 atom stereocenters. The minimum atomic E-state index is -1.31. The molecule has 1 aliphatic carbocycles. The summed E-state index contributed by atoms with van der Waals surface area (Å²) in [5, 5.41) is 1.81. The third-order valence-electron chi connectivity index (χ3n) is 2.24. The third kappa shape index (κ3) is 2.39. The summed E-state index contributed by atoms with van der Waals surface area (Å²) >= 11 is 3.95. The van der Waals surface area contributed by atoms with Gasteiger partial charge in [-0.25, -0.2) is 8.78 Å². The first-order chi connectivity index (χ1) is 5.65. The van der Waals surface area contributed by atoms with Crippen LogP contribution in [0.15, 0.2) is 11.0 Å². The highest BCUT2D eigenvalue weighted by Gasteiger charge is 2.31. The van der Waals surface area contributed by atoms with Crippen LogP contribution in [0.3, 0.4) is 0 Å². The molecule has 0 N–H and O–H groups in total. The van der Waals surface area contributed by atoms with Crippen LogP contribution in [0.2, 0.25) is 0 Å². The molecule has 0 aliphatic heterocycles. The molecule has 0 aromatic carbocycles. The molecule has 3 unspecified atom stereocenters. The van der Waals surface area contributed by atoms with Gasteiger partial charge in [-0.3, -0.25) is 0 Å². The Morgan fingerprint density at radius 3 is 2.75 bits per heavy atom. The topological polar surface area (TPSA) is 0 Å². The highest BCUT2D eigenvalue weighted by molar-refractivity contribution is 8.69. The SMILES string of the molecule is CC1CC(F)C(F)C/C1=C/SS. The highest BCUT2D eigenvalue weighted by atomic mass is 33.1. The van der Waals surface area contributed by atoms with Crippen LogP contribution in [0.5, 0.6) is 0 Å². The van der Waals surface area contributed by atoms with Crippen LogP contribution in [0.25, 0.3) is 0 Å². The first-order valence-corrected chi connectivity index (χ1v) is 5.85. The van der Waals surface area contributed by atoms with Crippen molar-refractivity contribution in [2.24, 2.45) is 5.92 Å². The van der Waals surface area contributed by atoms with E-state index in [1.807, 2.05) is 12.3 Å². The Balaban J connectivity index is 2.61. The van der Waals surface area contributed by atoms with Gasteiger partial charge < -0.3 is 0 Å². The molecule has 0 amide bonds. The van der Waals surface area contributed by atoms with Crippen LogP contribution in [0, 0.1) is 5.92 Å². The molecular weight excluding hydrogens is 198 g/mol. The van der Waals surface area contributed by atoms with E-state index in [4.69, 9.17) is 0 Å². The number of hydrogen-bond acceptors (Lipinski definition) is 2. The Kier molecular flexibility index (Phi) is 3.90. The molecule has 0 bridgehead atoms. The second-order valence-electron chi connectivity index (χ2n) is 3.17. The lowest BCUT2D eigenvalue weighted by Crippen LogP contribution is -2.27. The predicted molar refractivity (Wildman–Crippen MR) is 52.9 cm³/mol. The van der Waals surface area contributed by atoms with E-state index in [9.17, 15) is 8.78 Å². The normalized spacial score (nSPS) is 40.3. The maximum atomic E-state index is 12.9. The van der Waals surface area contributed by atoms with E-state index in [0.717, 1.165) is 5.57 Å². The van der Waals surface area contributed by atoms with Crippen molar-refractivity contribution in [2.45, 2.75) is 32.1 Å². The van der Waals surface area contributed by atoms with Gasteiger partial charge in [0.1, 0.15) is 12.3 Å². The monoisotopic (exact) mass is 210 g/mol. The second kappa shape index (κ2) is 4.51. The van der Waals surface area contributed by atoms with Crippen molar-refractivity contribution < 1.29 is 8.78 Å². The molecule has 0 aromatic heterocycles. The number of rotatable bonds is 1. The summed E-state index contributed by atoms with van der Waals surface area (Å²) < 4.78 is 25.7. The van der Waals surface area contributed by atoms with Crippen molar-refractivity contribution in [3.8, 4) is 0 Å². The van der Waals surface area contributed by atoms with Crippen molar-refractivity contribution in [3.63, 3.8) is 0 Å². The van der Waals surface area contributed by atoms with Crippen molar-refractivity contribution >= 4 is 22.5 Å². The molecule has 0 aromatic rings. The van der Waals surface area contributed by atoms with Gasteiger partial charge >= 0.3 is 0 Å². The Labute approximate surface area is 80.6 Å². The molecule has 0 spiro atoms. The summed E-state index contributed by atoms with van der Waals surface area (Å²) in [6.45, 7) is 1.92. The van der Waals surface area contributed by atoms with Gasteiger partial charge in [-0.1, -0.05) is 23.3 Å². The first-order valence-electron chi connectivity index (χ1n) is 3.92. The molecule has 12 heavy (non-hydrogen) atoms. The molecule has 1 rings (SSSR count). The van der Waals surface area contributed by atoms with Gasteiger partial charge in [-0.05, 0) is 17.7 Å². The predicted octanol–water partition coefficient (Wildman–Crippen LogP) is 3.55. The summed E-state index contributed by atoms with van der Waals surface area (Å²) in [6.07, 6.45) is -2.05. The maximum absolute atomic E-state index is 12.9. The third-order valence-corrected chi connectivity index (χ3v) is 2.96. The highest BCUT2D eigenvalue weighted by Crippen LogP contribution is 2.34. The maximum Gasteiger partial charge on any atom is 0.135 e. The fourth-order valence-electron chi connectivity index (χ4n) is 1.42. The standard InChI is InChI=1S/C8H12F2S2/c1-5-2-7(9)8(10)3-6(5)4-12-11/h4-5,7-8,11H,2-3H2,1H3/b6-4-. The van der Waals surface area contributed by atoms with Gasteiger partial charge in [0.2, 0.25) is 0 Å². The summed E-state index contributed by atoms with van der Waals surface area (Å²) in [5.74, 6) is 0.159. The van der Waals surface area contributed by atoms with Gasteiger partial charge in [-0.15, -0.1) is 11.7 Å². The van der Waals surface area contributed by atoms with E-state index in [1.54, 1.807) is 0 Å². The van der Waals surface area contributed by atoms with Crippen LogP contribution in [0.1, 0.15) is 19.8 Å². The van der Waals surface area contributed by atoms with Gasteiger partial charge in [0.15, 0.2) is 0 Å². The molecule has 0 heterocycles. The van der Waals surface area contributed by atoms with Crippen molar-refractivity contribution in [1.82, 2.24) is 0 Å². The Morgan fingerprint density at radius 1 is 1.50 bits per heavy atom. The van der Waals surface area contributed by atoms with Crippen LogP contribution >= 0.6 is 22.5 Å². The van der Waals surface area contributed by atoms with Crippen LogP contribution in [-0.2, 0) is 0 Å². The molecule has 1 aliphatic rings. The average molecular weight is 210 g/mol. The number of hydrogen-bond donors (Lipinski definition) is 1. The summed E-state index contributed by atoms with van der Waals surface area (Å²) in [5.41, 5.74) is 0.983. The number of alkyl halides is 2. The smallest absolute Gasteiger partial charge is 0.135 e. The minimum absolute atomic E-state index is 0.159. The molecule has 0 radical (unpaired) electrons. The second-order valence-corrected chi connectivity index (χ2v) is 4.25. The zero-order valence-corrected chi connectivity index (χ0v) is 8.55. The zero-order chi connectivity index (χ0) is 9.14. The van der Waals surface area contributed by atoms with Crippen molar-refractivity contribution in [1.29, 1.82) is 0 Å². The fourth-order valence-corrected chi connectivity index (χ4v) is 2.29. The molecule has 1 saturated carbocycles. The first kappa shape index (κ1) is 10.4. The van der Waals surface area contributed by atoms with Crippen molar-refractivity contribution in [2.75, 3.05) is 0 Å². The quantitative estimate of drug-likeness (QED) is 0.510. The minimum Gasteiger partial charge on any atom is -0.244 e. The molecule has 0 saturated heterocycles. The van der Waals surface area contributed by atoms with E-state index in [0.29, 0.717) is 6.42 Å². The molecule has 70 valence electrons. The molecule has 1 fully saturated rings. The van der Waals surface area contributed by atoms with Gasteiger partial charge in [0.05, 0.1) is 0 Å². The van der Waals surface area contributed by atoms with E-state index in [1.165, 1.54) is 10.8 Å². The fraction of sp³-hybridized carbons (Fsp3) is 0.750. The van der Waals surface area contributed by atoms with Gasteiger partial charge in [0.25, 0.3) is 0 Å². The van der Waals surface area contributed by atoms with Gasteiger partial charge in [-0.2, -0.15) is 0 Å². The van der Waals surface area contributed by atoms with Gasteiger partial charge in [0, 0.05) is 6.42 Å². The lowest BCUT2D eigenvalue weighted by molar-refractivity contribution is 0.122. The average Bonchev–Trinajstić information content (AvgIpc) is 2.01. The lowest BCUT2D eigenvalue weighted by Gasteiger charge is -2.27. The van der Waals surface area contributed by atoms with Crippen LogP contribution in [-0.4, -0.2) is 12.3 Å². The largest absolute Gasteiger partial charge is 0.244 e. The van der Waals surface area contributed by atoms with E-state index in [-0.39, 0.29) is 12.3 Å². The Morgan fingerprint density at radius 2 is 2.17 bits per heavy atom. The number of allylic oxidation sites excluding steroid dienone is 1.